The first-order valence-electron chi connectivity index (χ1n) is 9.10. The van der Waals surface area contributed by atoms with E-state index in [0.29, 0.717) is 28.7 Å². The van der Waals surface area contributed by atoms with Gasteiger partial charge in [-0.3, -0.25) is 9.88 Å². The molecule has 7 nitrogen and oxygen atoms in total. The minimum atomic E-state index is -0.408. The van der Waals surface area contributed by atoms with E-state index in [0.717, 1.165) is 16.8 Å². The normalized spacial score (nSPS) is 13.3. The summed E-state index contributed by atoms with van der Waals surface area (Å²) >= 11 is 1.30. The second kappa shape index (κ2) is 8.19. The molecule has 4 rings (SSSR count). The maximum atomic E-state index is 13.5. The largest absolute Gasteiger partial charge is 0.481 e. The van der Waals surface area contributed by atoms with Crippen molar-refractivity contribution in [2.75, 3.05) is 23.4 Å². The summed E-state index contributed by atoms with van der Waals surface area (Å²) in [6.45, 7) is 1.98. The Morgan fingerprint density at radius 3 is 2.47 bits per heavy atom. The van der Waals surface area contributed by atoms with Gasteiger partial charge < -0.3 is 9.47 Å². The smallest absolute Gasteiger partial charge is 0.339 e. The molecule has 3 aromatic rings. The van der Waals surface area contributed by atoms with Crippen LogP contribution in [0.4, 0.5) is 20.6 Å². The quantitative estimate of drug-likeness (QED) is 0.556. The van der Waals surface area contributed by atoms with Crippen molar-refractivity contribution in [1.82, 2.24) is 9.97 Å². The number of para-hydroxylation sites is 1. The van der Waals surface area contributed by atoms with Crippen LogP contribution in [0.1, 0.15) is 11.3 Å². The van der Waals surface area contributed by atoms with Crippen molar-refractivity contribution in [2.45, 2.75) is 18.4 Å². The molecule has 0 aliphatic carbocycles. The summed E-state index contributed by atoms with van der Waals surface area (Å²) in [5, 5.41) is 0. The summed E-state index contributed by atoms with van der Waals surface area (Å²) in [6, 6.07) is 12.1. The number of rotatable bonds is 5. The third kappa shape index (κ3) is 3.76. The molecule has 1 aliphatic rings. The highest BCUT2D eigenvalue weighted by atomic mass is 32.2. The molecule has 2 amide bonds. The highest BCUT2D eigenvalue weighted by molar-refractivity contribution is 8.01. The number of anilines is 2. The predicted molar refractivity (Wildman–Crippen MR) is 113 cm³/mol. The van der Waals surface area contributed by atoms with Crippen LogP contribution in [-0.2, 0) is 6.54 Å². The number of urea groups is 1. The number of amides is 2. The molecule has 0 spiro atoms. The number of ether oxygens (including phenoxy) is 2. The molecule has 0 N–H and O–H groups in total. The number of benzene rings is 1. The van der Waals surface area contributed by atoms with E-state index in [4.69, 9.17) is 9.47 Å². The van der Waals surface area contributed by atoms with Gasteiger partial charge in [0.15, 0.2) is 0 Å². The van der Waals surface area contributed by atoms with E-state index in [1.807, 2.05) is 24.3 Å². The van der Waals surface area contributed by atoms with Crippen molar-refractivity contribution in [3.05, 3.63) is 65.7 Å². The first-order valence-corrected chi connectivity index (χ1v) is 9.87. The molecule has 0 saturated heterocycles. The molecule has 0 radical (unpaired) electrons. The van der Waals surface area contributed by atoms with Gasteiger partial charge in [0.1, 0.15) is 5.82 Å². The van der Waals surface area contributed by atoms with Crippen molar-refractivity contribution < 1.29 is 18.7 Å². The van der Waals surface area contributed by atoms with E-state index in [9.17, 15) is 9.18 Å². The average Bonchev–Trinajstić information content (AvgIpc) is 2.76. The Hall–Kier alpha value is -3.33. The monoisotopic (exact) mass is 426 g/mol. The number of carbonyl (C=O) groups is 1. The van der Waals surface area contributed by atoms with Crippen molar-refractivity contribution in [2.24, 2.45) is 0 Å². The number of pyridine rings is 2. The molecule has 0 atom stereocenters. The van der Waals surface area contributed by atoms with Gasteiger partial charge in [-0.25, -0.2) is 13.5 Å². The molecule has 0 fully saturated rings. The molecule has 0 saturated carbocycles. The SMILES string of the molecule is COc1cc(N2Sc3ccccc3N(Cc3ncc(F)cc3C)C2=O)cc(OC)n1. The van der Waals surface area contributed by atoms with Crippen LogP contribution < -0.4 is 18.7 Å². The second-order valence-electron chi connectivity index (χ2n) is 6.55. The van der Waals surface area contributed by atoms with Crippen LogP contribution in [0.25, 0.3) is 0 Å². The van der Waals surface area contributed by atoms with Crippen LogP contribution in [-0.4, -0.2) is 30.2 Å². The van der Waals surface area contributed by atoms with Crippen molar-refractivity contribution in [3.63, 3.8) is 0 Å². The molecule has 0 unspecified atom stereocenters. The Morgan fingerprint density at radius 1 is 1.10 bits per heavy atom. The molecule has 30 heavy (non-hydrogen) atoms. The molecule has 0 bridgehead atoms. The number of carbonyl (C=O) groups excluding carboxylic acids is 1. The summed E-state index contributed by atoms with van der Waals surface area (Å²) in [7, 11) is 3.00. The standard InChI is InChI=1S/C21H19FN4O3S/c1-13-8-14(22)11-23-16(13)12-25-17-6-4-5-7-18(17)30-26(21(25)27)15-9-19(28-2)24-20(10-15)29-3/h4-11H,12H2,1-3H3. The van der Waals surface area contributed by atoms with Crippen LogP contribution in [0.3, 0.4) is 0 Å². The topological polar surface area (TPSA) is 67.8 Å². The molecule has 1 aromatic carbocycles. The number of nitrogens with zero attached hydrogens (tertiary/aromatic N) is 4. The zero-order valence-electron chi connectivity index (χ0n) is 16.6. The fourth-order valence-electron chi connectivity index (χ4n) is 3.10. The maximum Gasteiger partial charge on any atom is 0.339 e. The highest BCUT2D eigenvalue weighted by Gasteiger charge is 2.33. The summed E-state index contributed by atoms with van der Waals surface area (Å²) in [4.78, 5) is 24.4. The zero-order chi connectivity index (χ0) is 21.3. The van der Waals surface area contributed by atoms with E-state index in [-0.39, 0.29) is 12.6 Å². The first kappa shape index (κ1) is 20.0. The Labute approximate surface area is 177 Å². The van der Waals surface area contributed by atoms with Crippen LogP contribution in [0, 0.1) is 12.7 Å². The number of hydrogen-bond donors (Lipinski definition) is 0. The first-order chi connectivity index (χ1) is 14.5. The van der Waals surface area contributed by atoms with E-state index in [1.165, 1.54) is 32.2 Å². The number of methoxy groups -OCH3 is 2. The van der Waals surface area contributed by atoms with E-state index >= 15 is 0 Å². The minimum absolute atomic E-state index is 0.207. The lowest BCUT2D eigenvalue weighted by Crippen LogP contribution is -2.43. The number of aryl methyl sites for hydroxylation is 1. The van der Waals surface area contributed by atoms with Crippen LogP contribution in [0.5, 0.6) is 11.8 Å². The molecular formula is C21H19FN4O3S. The minimum Gasteiger partial charge on any atom is -0.481 e. The lowest BCUT2D eigenvalue weighted by molar-refractivity contribution is 0.254. The molecule has 3 heterocycles. The Kier molecular flexibility index (Phi) is 5.45. The van der Waals surface area contributed by atoms with Gasteiger partial charge in [-0.2, -0.15) is 4.98 Å². The Bertz CT molecular complexity index is 1090. The lowest BCUT2D eigenvalue weighted by atomic mass is 10.2. The third-order valence-electron chi connectivity index (χ3n) is 4.63. The summed E-state index contributed by atoms with van der Waals surface area (Å²) in [5.74, 6) is 0.258. The van der Waals surface area contributed by atoms with Gasteiger partial charge in [0.2, 0.25) is 11.8 Å². The highest BCUT2D eigenvalue weighted by Crippen LogP contribution is 2.43. The van der Waals surface area contributed by atoms with Gasteiger partial charge in [-0.15, -0.1) is 0 Å². The number of aromatic nitrogens is 2. The summed E-state index contributed by atoms with van der Waals surface area (Å²) in [5.41, 5.74) is 2.63. The average molecular weight is 426 g/mol. The Balaban J connectivity index is 1.76. The maximum absolute atomic E-state index is 13.5. The van der Waals surface area contributed by atoms with Crippen LogP contribution in [0.15, 0.2) is 53.6 Å². The third-order valence-corrected chi connectivity index (χ3v) is 5.72. The fourth-order valence-corrected chi connectivity index (χ4v) is 4.10. The van der Waals surface area contributed by atoms with Crippen LogP contribution >= 0.6 is 11.9 Å². The van der Waals surface area contributed by atoms with E-state index in [2.05, 4.69) is 9.97 Å². The van der Waals surface area contributed by atoms with Gasteiger partial charge in [0.25, 0.3) is 0 Å². The number of halogens is 1. The van der Waals surface area contributed by atoms with Crippen molar-refractivity contribution >= 4 is 29.4 Å². The number of fused-ring (bicyclic) bond motifs is 1. The molecule has 2 aromatic heterocycles. The number of hydrogen-bond acceptors (Lipinski definition) is 6. The Morgan fingerprint density at radius 2 is 1.80 bits per heavy atom. The van der Waals surface area contributed by atoms with Crippen LogP contribution in [0.2, 0.25) is 0 Å². The van der Waals surface area contributed by atoms with Crippen molar-refractivity contribution in [1.29, 1.82) is 0 Å². The second-order valence-corrected chi connectivity index (χ2v) is 7.54. The zero-order valence-corrected chi connectivity index (χ0v) is 17.4. The van der Waals surface area contributed by atoms with Gasteiger partial charge in [-0.1, -0.05) is 12.1 Å². The van der Waals surface area contributed by atoms with Crippen molar-refractivity contribution in [3.8, 4) is 11.8 Å². The molecular weight excluding hydrogens is 407 g/mol. The van der Waals surface area contributed by atoms with Gasteiger partial charge in [0.05, 0.1) is 48.9 Å². The summed E-state index contributed by atoms with van der Waals surface area (Å²) < 4.78 is 25.5. The molecule has 154 valence electrons. The lowest BCUT2D eigenvalue weighted by Gasteiger charge is -2.36. The summed E-state index contributed by atoms with van der Waals surface area (Å²) in [6.07, 6.45) is 1.16. The van der Waals surface area contributed by atoms with Gasteiger partial charge in [0, 0.05) is 12.1 Å². The van der Waals surface area contributed by atoms with Gasteiger partial charge >= 0.3 is 6.03 Å². The predicted octanol–water partition coefficient (Wildman–Crippen LogP) is 4.60. The fraction of sp³-hybridized carbons (Fsp3) is 0.190. The van der Waals surface area contributed by atoms with E-state index in [1.54, 1.807) is 28.3 Å². The molecule has 1 aliphatic heterocycles. The molecule has 9 heteroatoms. The van der Waals surface area contributed by atoms with Gasteiger partial charge in [-0.05, 0) is 42.6 Å². The van der Waals surface area contributed by atoms with E-state index < -0.39 is 5.82 Å².